The van der Waals surface area contributed by atoms with Gasteiger partial charge in [-0.1, -0.05) is 24.6 Å². The quantitative estimate of drug-likeness (QED) is 0.742. The Morgan fingerprint density at radius 3 is 2.75 bits per heavy atom. The molecule has 1 heterocycles. The Labute approximate surface area is 148 Å². The van der Waals surface area contributed by atoms with E-state index >= 15 is 0 Å². The summed E-state index contributed by atoms with van der Waals surface area (Å²) in [5.41, 5.74) is 2.42. The smallest absolute Gasteiger partial charge is 0.264 e. The maximum Gasteiger partial charge on any atom is 0.264 e. The third-order valence-electron chi connectivity index (χ3n) is 4.95. The summed E-state index contributed by atoms with van der Waals surface area (Å²) in [6.07, 6.45) is 6.03. The molecule has 1 aliphatic carbocycles. The first-order valence-corrected chi connectivity index (χ1v) is 9.45. The normalized spacial score (nSPS) is 15.3. The molecule has 0 spiro atoms. The van der Waals surface area contributed by atoms with Crippen molar-refractivity contribution >= 4 is 17.2 Å². The molecule has 0 saturated heterocycles. The van der Waals surface area contributed by atoms with E-state index in [2.05, 4.69) is 6.07 Å². The zero-order valence-corrected chi connectivity index (χ0v) is 15.5. The Bertz CT molecular complexity index is 699. The van der Waals surface area contributed by atoms with Gasteiger partial charge in [-0.2, -0.15) is 0 Å². The lowest BCUT2D eigenvalue weighted by Crippen LogP contribution is -2.29. The van der Waals surface area contributed by atoms with Crippen LogP contribution in [0.1, 0.15) is 57.9 Å². The zero-order chi connectivity index (χ0) is 17.1. The Kier molecular flexibility index (Phi) is 5.24. The highest BCUT2D eigenvalue weighted by atomic mass is 32.1. The highest BCUT2D eigenvalue weighted by Crippen LogP contribution is 2.33. The highest BCUT2D eigenvalue weighted by Gasteiger charge is 2.24. The van der Waals surface area contributed by atoms with Gasteiger partial charge in [0.15, 0.2) is 0 Å². The largest absolute Gasteiger partial charge is 0.496 e. The van der Waals surface area contributed by atoms with E-state index in [9.17, 15) is 4.79 Å². The van der Waals surface area contributed by atoms with Gasteiger partial charge in [-0.25, -0.2) is 0 Å². The number of nitrogens with zero attached hydrogens (tertiary/aromatic N) is 1. The second-order valence-corrected chi connectivity index (χ2v) is 7.59. The van der Waals surface area contributed by atoms with Crippen LogP contribution in [0, 0.1) is 0 Å². The highest BCUT2D eigenvalue weighted by molar-refractivity contribution is 7.14. The number of methoxy groups -OCH3 is 1. The van der Waals surface area contributed by atoms with Crippen LogP contribution in [0.3, 0.4) is 0 Å². The Morgan fingerprint density at radius 2 is 1.96 bits per heavy atom. The van der Waals surface area contributed by atoms with Gasteiger partial charge in [-0.3, -0.25) is 4.79 Å². The number of ether oxygens (including phenoxy) is 1. The fourth-order valence-corrected chi connectivity index (χ4v) is 4.58. The molecule has 24 heavy (non-hydrogen) atoms. The molecule has 1 aromatic heterocycles. The van der Waals surface area contributed by atoms with Gasteiger partial charge in [-0.05, 0) is 50.3 Å². The number of carbonyl (C=O) groups excluding carboxylic acids is 1. The van der Waals surface area contributed by atoms with Crippen molar-refractivity contribution in [2.45, 2.75) is 45.1 Å². The fourth-order valence-electron chi connectivity index (χ4n) is 3.34. The minimum Gasteiger partial charge on any atom is -0.496 e. The maximum absolute atomic E-state index is 13.0. The third-order valence-corrected chi connectivity index (χ3v) is 6.17. The summed E-state index contributed by atoms with van der Waals surface area (Å²) in [6, 6.07) is 10.00. The lowest BCUT2D eigenvalue weighted by Gasteiger charge is -2.26. The van der Waals surface area contributed by atoms with Gasteiger partial charge in [0, 0.05) is 17.5 Å². The monoisotopic (exact) mass is 343 g/mol. The number of benzene rings is 1. The van der Waals surface area contributed by atoms with Crippen LogP contribution in [0.2, 0.25) is 0 Å². The number of aryl methyl sites for hydroxylation is 2. The molecule has 128 valence electrons. The Hall–Kier alpha value is -1.81. The van der Waals surface area contributed by atoms with Crippen LogP contribution < -0.4 is 4.74 Å². The SMILES string of the molecule is COc1ccccc1[C@H](C)N(C)C(=O)c1cc2c(s1)CCCCC2. The molecule has 1 atom stereocenters. The van der Waals surface area contributed by atoms with Crippen LogP contribution in [0.4, 0.5) is 0 Å². The summed E-state index contributed by atoms with van der Waals surface area (Å²) in [6.45, 7) is 2.05. The van der Waals surface area contributed by atoms with Crippen molar-refractivity contribution in [3.8, 4) is 5.75 Å². The molecular weight excluding hydrogens is 318 g/mol. The van der Waals surface area contributed by atoms with E-state index in [0.717, 1.165) is 29.0 Å². The van der Waals surface area contributed by atoms with Crippen LogP contribution in [0.25, 0.3) is 0 Å². The van der Waals surface area contributed by atoms with Crippen LogP contribution in [0.5, 0.6) is 5.75 Å². The van der Waals surface area contributed by atoms with E-state index in [-0.39, 0.29) is 11.9 Å². The van der Waals surface area contributed by atoms with Gasteiger partial charge in [0.05, 0.1) is 18.0 Å². The molecule has 4 heteroatoms. The van der Waals surface area contributed by atoms with Gasteiger partial charge < -0.3 is 9.64 Å². The second-order valence-electron chi connectivity index (χ2n) is 6.45. The van der Waals surface area contributed by atoms with Crippen molar-refractivity contribution in [1.82, 2.24) is 4.90 Å². The molecular formula is C20H25NO2S. The van der Waals surface area contributed by atoms with Crippen molar-refractivity contribution < 1.29 is 9.53 Å². The summed E-state index contributed by atoms with van der Waals surface area (Å²) in [7, 11) is 3.55. The molecule has 0 radical (unpaired) electrons. The molecule has 0 saturated carbocycles. The number of thiophene rings is 1. The summed E-state index contributed by atoms with van der Waals surface area (Å²) in [5, 5.41) is 0. The minimum absolute atomic E-state index is 0.0319. The van der Waals surface area contributed by atoms with E-state index in [0.29, 0.717) is 0 Å². The number of fused-ring (bicyclic) bond motifs is 1. The predicted octanol–water partition coefficient (Wildman–Crippen LogP) is 4.86. The molecule has 0 aliphatic heterocycles. The van der Waals surface area contributed by atoms with Crippen molar-refractivity contribution in [1.29, 1.82) is 0 Å². The zero-order valence-electron chi connectivity index (χ0n) is 14.7. The molecule has 2 aromatic rings. The van der Waals surface area contributed by atoms with Gasteiger partial charge in [0.2, 0.25) is 0 Å². The summed E-state index contributed by atoms with van der Waals surface area (Å²) < 4.78 is 5.45. The number of rotatable bonds is 4. The summed E-state index contributed by atoms with van der Waals surface area (Å²) in [4.78, 5) is 17.1. The van der Waals surface area contributed by atoms with Crippen molar-refractivity contribution in [3.05, 3.63) is 51.2 Å². The standard InChI is InChI=1S/C20H25NO2S/c1-14(16-10-7-8-11-17(16)23-3)21(2)20(22)19-13-15-9-5-4-6-12-18(15)24-19/h7-8,10-11,13-14H,4-6,9,12H2,1-3H3/t14-/m0/s1. The van der Waals surface area contributed by atoms with Gasteiger partial charge in [0.1, 0.15) is 5.75 Å². The van der Waals surface area contributed by atoms with Crippen molar-refractivity contribution in [3.63, 3.8) is 0 Å². The van der Waals surface area contributed by atoms with Crippen LogP contribution >= 0.6 is 11.3 Å². The van der Waals surface area contributed by atoms with Crippen LogP contribution in [-0.4, -0.2) is 25.0 Å². The number of amides is 1. The molecule has 0 unspecified atom stereocenters. The molecule has 0 bridgehead atoms. The van der Waals surface area contributed by atoms with Crippen molar-refractivity contribution in [2.24, 2.45) is 0 Å². The minimum atomic E-state index is -0.0319. The van der Waals surface area contributed by atoms with Gasteiger partial charge in [0.25, 0.3) is 5.91 Å². The average Bonchev–Trinajstić information content (AvgIpc) is 2.90. The molecule has 0 N–H and O–H groups in total. The predicted molar refractivity (Wildman–Crippen MR) is 99.1 cm³/mol. The molecule has 0 fully saturated rings. The first-order chi connectivity index (χ1) is 11.6. The lowest BCUT2D eigenvalue weighted by atomic mass is 10.1. The van der Waals surface area contributed by atoms with E-state index in [1.165, 1.54) is 29.7 Å². The Morgan fingerprint density at radius 1 is 1.21 bits per heavy atom. The molecule has 1 aliphatic rings. The summed E-state index contributed by atoms with van der Waals surface area (Å²) >= 11 is 1.69. The number of hydrogen-bond acceptors (Lipinski definition) is 3. The van der Waals surface area contributed by atoms with E-state index in [4.69, 9.17) is 4.74 Å². The number of hydrogen-bond donors (Lipinski definition) is 0. The lowest BCUT2D eigenvalue weighted by molar-refractivity contribution is 0.0746. The Balaban J connectivity index is 1.81. The molecule has 3 rings (SSSR count). The van der Waals surface area contributed by atoms with Gasteiger partial charge >= 0.3 is 0 Å². The van der Waals surface area contributed by atoms with Crippen LogP contribution in [-0.2, 0) is 12.8 Å². The first kappa shape index (κ1) is 17.0. The molecule has 1 amide bonds. The van der Waals surface area contributed by atoms with Crippen molar-refractivity contribution in [2.75, 3.05) is 14.2 Å². The topological polar surface area (TPSA) is 29.5 Å². The molecule has 1 aromatic carbocycles. The van der Waals surface area contributed by atoms with E-state index in [1.54, 1.807) is 18.4 Å². The number of carbonyl (C=O) groups is 1. The van der Waals surface area contributed by atoms with E-state index < -0.39 is 0 Å². The van der Waals surface area contributed by atoms with Crippen LogP contribution in [0.15, 0.2) is 30.3 Å². The third kappa shape index (κ3) is 3.34. The first-order valence-electron chi connectivity index (χ1n) is 8.63. The number of para-hydroxylation sites is 1. The maximum atomic E-state index is 13.0. The second kappa shape index (κ2) is 7.39. The van der Waals surface area contributed by atoms with E-state index in [1.807, 2.05) is 43.1 Å². The average molecular weight is 343 g/mol. The van der Waals surface area contributed by atoms with Gasteiger partial charge in [-0.15, -0.1) is 11.3 Å². The fraction of sp³-hybridized carbons (Fsp3) is 0.450. The summed E-state index contributed by atoms with van der Waals surface area (Å²) in [5.74, 6) is 0.929. The molecule has 3 nitrogen and oxygen atoms in total.